The molecule has 1 saturated heterocycles. The van der Waals surface area contributed by atoms with Crippen molar-refractivity contribution in [2.24, 2.45) is 0 Å². The van der Waals surface area contributed by atoms with E-state index in [1.54, 1.807) is 30.3 Å². The number of anilines is 2. The van der Waals surface area contributed by atoms with E-state index in [1.165, 1.54) is 7.11 Å². The second-order valence-corrected chi connectivity index (χ2v) is 7.64. The van der Waals surface area contributed by atoms with Gasteiger partial charge in [0.15, 0.2) is 5.11 Å². The zero-order valence-corrected chi connectivity index (χ0v) is 18.2. The first-order chi connectivity index (χ1) is 15.0. The average molecular weight is 458 g/mol. The summed E-state index contributed by atoms with van der Waals surface area (Å²) >= 11 is 6.45. The number of aromatic nitrogens is 2. The van der Waals surface area contributed by atoms with Crippen molar-refractivity contribution in [2.45, 2.75) is 0 Å². The number of hydrogen-bond acceptors (Lipinski definition) is 9. The van der Waals surface area contributed by atoms with Crippen LogP contribution in [-0.2, 0) is 9.47 Å². The van der Waals surface area contributed by atoms with Crippen molar-refractivity contribution in [3.8, 4) is 0 Å². The van der Waals surface area contributed by atoms with Gasteiger partial charge in [-0.25, -0.2) is 4.79 Å². The van der Waals surface area contributed by atoms with Gasteiger partial charge in [-0.15, -0.1) is 0 Å². The van der Waals surface area contributed by atoms with E-state index in [4.69, 9.17) is 21.7 Å². The highest BCUT2D eigenvalue weighted by molar-refractivity contribution is 7.80. The fourth-order valence-electron chi connectivity index (χ4n) is 3.21. The van der Waals surface area contributed by atoms with Crippen molar-refractivity contribution >= 4 is 63.3 Å². The van der Waals surface area contributed by atoms with E-state index >= 15 is 0 Å². The van der Waals surface area contributed by atoms with Crippen LogP contribution in [0.5, 0.6) is 0 Å². The van der Waals surface area contributed by atoms with Gasteiger partial charge in [-0.05, 0) is 48.6 Å². The van der Waals surface area contributed by atoms with Crippen molar-refractivity contribution in [3.05, 3.63) is 47.5 Å². The Hall–Kier alpha value is -3.15. The summed E-state index contributed by atoms with van der Waals surface area (Å²) in [6, 6.07) is 10.2. The monoisotopic (exact) mass is 457 g/mol. The van der Waals surface area contributed by atoms with Gasteiger partial charge in [0.2, 0.25) is 0 Å². The third kappa shape index (κ3) is 4.79. The molecule has 4 rings (SSSR count). The third-order valence-electron chi connectivity index (χ3n) is 4.76. The molecule has 31 heavy (non-hydrogen) atoms. The molecule has 2 N–H and O–H groups in total. The predicted octanol–water partition coefficient (Wildman–Crippen LogP) is 2.44. The number of carbonyl (C=O) groups is 2. The first kappa shape index (κ1) is 21.1. The van der Waals surface area contributed by atoms with Crippen LogP contribution < -0.4 is 15.5 Å². The molecule has 1 aliphatic rings. The highest BCUT2D eigenvalue weighted by Crippen LogP contribution is 2.28. The first-order valence-electron chi connectivity index (χ1n) is 9.45. The van der Waals surface area contributed by atoms with Crippen molar-refractivity contribution in [1.82, 2.24) is 14.1 Å². The number of amides is 1. The van der Waals surface area contributed by atoms with E-state index in [9.17, 15) is 9.59 Å². The summed E-state index contributed by atoms with van der Waals surface area (Å²) in [5.74, 6) is -0.832. The maximum Gasteiger partial charge on any atom is 0.337 e. The highest BCUT2D eigenvalue weighted by Gasteiger charge is 2.19. The number of hydrogen-bond donors (Lipinski definition) is 2. The van der Waals surface area contributed by atoms with E-state index in [2.05, 4.69) is 24.3 Å². The van der Waals surface area contributed by atoms with Gasteiger partial charge < -0.3 is 19.7 Å². The molecule has 0 aliphatic carbocycles. The maximum atomic E-state index is 12.6. The summed E-state index contributed by atoms with van der Waals surface area (Å²) in [6.45, 7) is 2.61. The first-order valence-corrected chi connectivity index (χ1v) is 10.6. The van der Waals surface area contributed by atoms with E-state index in [0.717, 1.165) is 22.9 Å². The molecule has 3 aromatic rings. The van der Waals surface area contributed by atoms with Gasteiger partial charge >= 0.3 is 5.97 Å². The minimum Gasteiger partial charge on any atom is -0.465 e. The van der Waals surface area contributed by atoms with Gasteiger partial charge in [0.1, 0.15) is 11.0 Å². The second-order valence-electron chi connectivity index (χ2n) is 6.70. The van der Waals surface area contributed by atoms with Gasteiger partial charge in [-0.1, -0.05) is 0 Å². The molecule has 0 atom stereocenters. The zero-order valence-electron chi connectivity index (χ0n) is 16.6. The Morgan fingerprint density at radius 2 is 1.84 bits per heavy atom. The van der Waals surface area contributed by atoms with Gasteiger partial charge in [0.25, 0.3) is 5.91 Å². The summed E-state index contributed by atoms with van der Waals surface area (Å²) in [7, 11) is 1.32. The number of carbonyl (C=O) groups excluding carboxylic acids is 2. The molecular formula is C20H19N5O4S2. The molecule has 0 spiro atoms. The maximum absolute atomic E-state index is 12.6. The van der Waals surface area contributed by atoms with Crippen LogP contribution in [0, 0.1) is 0 Å². The topological polar surface area (TPSA) is 106 Å². The lowest BCUT2D eigenvalue weighted by atomic mass is 10.1. The number of fused-ring (bicyclic) bond motifs is 1. The molecule has 2 aromatic carbocycles. The normalized spacial score (nSPS) is 13.6. The zero-order chi connectivity index (χ0) is 21.8. The Morgan fingerprint density at radius 3 is 2.61 bits per heavy atom. The molecule has 1 aliphatic heterocycles. The highest BCUT2D eigenvalue weighted by atomic mass is 32.1. The number of benzene rings is 2. The molecule has 0 unspecified atom stereocenters. The Kier molecular flexibility index (Phi) is 6.35. The number of esters is 1. The molecule has 160 valence electrons. The summed E-state index contributed by atoms with van der Waals surface area (Å²) in [5, 5.41) is 5.82. The molecule has 2 heterocycles. The number of rotatable bonds is 4. The van der Waals surface area contributed by atoms with Crippen molar-refractivity contribution in [1.29, 1.82) is 0 Å². The van der Waals surface area contributed by atoms with Crippen LogP contribution in [0.1, 0.15) is 20.7 Å². The van der Waals surface area contributed by atoms with Gasteiger partial charge in [-0.2, -0.15) is 8.75 Å². The van der Waals surface area contributed by atoms with E-state index in [0.29, 0.717) is 48.6 Å². The largest absolute Gasteiger partial charge is 0.465 e. The smallest absolute Gasteiger partial charge is 0.337 e. The fraction of sp³-hybridized carbons (Fsp3) is 0.250. The Morgan fingerprint density at radius 1 is 1.10 bits per heavy atom. The van der Waals surface area contributed by atoms with Crippen LogP contribution in [0.2, 0.25) is 0 Å². The second kappa shape index (κ2) is 9.33. The number of morpholine rings is 1. The third-order valence-corrected chi connectivity index (χ3v) is 5.52. The molecule has 1 fully saturated rings. The predicted molar refractivity (Wildman–Crippen MR) is 122 cm³/mol. The van der Waals surface area contributed by atoms with Gasteiger partial charge in [-0.3, -0.25) is 10.1 Å². The van der Waals surface area contributed by atoms with Crippen LogP contribution in [0.25, 0.3) is 11.0 Å². The molecule has 1 amide bonds. The van der Waals surface area contributed by atoms with E-state index in [-0.39, 0.29) is 11.0 Å². The van der Waals surface area contributed by atoms with Gasteiger partial charge in [0, 0.05) is 18.7 Å². The molecule has 0 bridgehead atoms. The lowest BCUT2D eigenvalue weighted by molar-refractivity contribution is 0.0600. The quantitative estimate of drug-likeness (QED) is 0.451. The molecule has 11 heteroatoms. The van der Waals surface area contributed by atoms with Crippen molar-refractivity contribution in [2.75, 3.05) is 43.6 Å². The SMILES string of the molecule is COC(=O)c1ccc(N2CCOCC2)c(NC(=S)NC(=O)c2ccc3nsnc3c2)c1. The lowest BCUT2D eigenvalue weighted by Crippen LogP contribution is -2.38. The standard InChI is InChI=1S/C20H19N5O4S2/c1-28-19(27)13-3-5-17(25-6-8-29-9-7-25)16(11-13)21-20(30)22-18(26)12-2-4-14-15(10-12)24-31-23-14/h2-5,10-11H,6-9H2,1H3,(H2,21,22,26,30). The molecular weight excluding hydrogens is 438 g/mol. The van der Waals surface area contributed by atoms with Crippen LogP contribution in [-0.4, -0.2) is 59.1 Å². The summed E-state index contributed by atoms with van der Waals surface area (Å²) in [5.41, 5.74) is 3.62. The Balaban J connectivity index is 1.53. The molecule has 0 saturated carbocycles. The molecule has 0 radical (unpaired) electrons. The summed E-state index contributed by atoms with van der Waals surface area (Å²) < 4.78 is 18.5. The van der Waals surface area contributed by atoms with Crippen LogP contribution in [0.15, 0.2) is 36.4 Å². The molecule has 1 aromatic heterocycles. The van der Waals surface area contributed by atoms with E-state index in [1.807, 2.05) is 6.07 Å². The number of ether oxygens (including phenoxy) is 2. The minimum absolute atomic E-state index is 0.109. The van der Waals surface area contributed by atoms with E-state index < -0.39 is 5.97 Å². The Bertz CT molecular complexity index is 1140. The van der Waals surface area contributed by atoms with Crippen LogP contribution >= 0.6 is 23.9 Å². The fourth-order valence-corrected chi connectivity index (χ4v) is 3.93. The Labute approximate surface area is 187 Å². The number of methoxy groups -OCH3 is 1. The van der Waals surface area contributed by atoms with Crippen LogP contribution in [0.4, 0.5) is 11.4 Å². The minimum atomic E-state index is -0.461. The summed E-state index contributed by atoms with van der Waals surface area (Å²) in [4.78, 5) is 26.8. The van der Waals surface area contributed by atoms with Crippen molar-refractivity contribution < 1.29 is 19.1 Å². The number of thiocarbonyl (C=S) groups is 1. The lowest BCUT2D eigenvalue weighted by Gasteiger charge is -2.31. The van der Waals surface area contributed by atoms with Crippen molar-refractivity contribution in [3.63, 3.8) is 0 Å². The van der Waals surface area contributed by atoms with Crippen LogP contribution in [0.3, 0.4) is 0 Å². The number of nitrogens with one attached hydrogen (secondary N) is 2. The summed E-state index contributed by atoms with van der Waals surface area (Å²) in [6.07, 6.45) is 0. The molecule has 9 nitrogen and oxygen atoms in total. The number of nitrogens with zero attached hydrogens (tertiary/aromatic N) is 3. The average Bonchev–Trinajstić information content (AvgIpc) is 3.27. The van der Waals surface area contributed by atoms with Gasteiger partial charge in [0.05, 0.1) is 49.0 Å².